The van der Waals surface area contributed by atoms with Crippen molar-refractivity contribution in [2.24, 2.45) is 5.92 Å². The molecule has 156 valence electrons. The summed E-state index contributed by atoms with van der Waals surface area (Å²) in [6.07, 6.45) is 1.31. The van der Waals surface area contributed by atoms with Gasteiger partial charge < -0.3 is 5.32 Å². The van der Waals surface area contributed by atoms with Crippen LogP contribution in [0.25, 0.3) is 0 Å². The predicted octanol–water partition coefficient (Wildman–Crippen LogP) is 4.79. The lowest BCUT2D eigenvalue weighted by atomic mass is 9.98. The zero-order valence-electron chi connectivity index (χ0n) is 16.4. The van der Waals surface area contributed by atoms with Gasteiger partial charge in [-0.2, -0.15) is 0 Å². The first-order valence-electron chi connectivity index (χ1n) is 9.46. The Hall–Kier alpha value is -1.60. The molecular weight excluding hydrogens is 431 g/mol. The van der Waals surface area contributed by atoms with Gasteiger partial charge in [-0.3, -0.25) is 4.79 Å². The summed E-state index contributed by atoms with van der Waals surface area (Å²) in [6.45, 7) is 4.54. The summed E-state index contributed by atoms with van der Waals surface area (Å²) in [4.78, 5) is 12.8. The van der Waals surface area contributed by atoms with Crippen LogP contribution in [-0.4, -0.2) is 31.7 Å². The monoisotopic (exact) mass is 454 g/mol. The molecule has 1 N–H and O–H groups in total. The number of hydrogen-bond donors (Lipinski definition) is 1. The zero-order valence-corrected chi connectivity index (χ0v) is 18.7. The highest BCUT2D eigenvalue weighted by Gasteiger charge is 2.32. The first kappa shape index (κ1) is 22.1. The van der Waals surface area contributed by atoms with Crippen LogP contribution in [0.3, 0.4) is 0 Å². The second-order valence-electron chi connectivity index (χ2n) is 7.44. The molecule has 8 heteroatoms. The molecule has 2 aromatic rings. The number of aryl methyl sites for hydroxylation is 1. The Labute approximate surface area is 182 Å². The smallest absolute Gasteiger partial charge is 0.228 e. The fourth-order valence-corrected chi connectivity index (χ4v) is 5.38. The molecule has 0 bridgehead atoms. The van der Waals surface area contributed by atoms with Gasteiger partial charge >= 0.3 is 0 Å². The maximum absolute atomic E-state index is 12.9. The zero-order chi connectivity index (χ0) is 21.2. The quantitative estimate of drug-likeness (QED) is 0.705. The van der Waals surface area contributed by atoms with Gasteiger partial charge in [0.25, 0.3) is 0 Å². The summed E-state index contributed by atoms with van der Waals surface area (Å²) in [6, 6.07) is 10.6. The van der Waals surface area contributed by atoms with Gasteiger partial charge in [0.05, 0.1) is 21.7 Å². The number of piperidine rings is 1. The van der Waals surface area contributed by atoms with Crippen LogP contribution in [0.15, 0.2) is 36.4 Å². The van der Waals surface area contributed by atoms with Gasteiger partial charge in [0, 0.05) is 18.8 Å². The van der Waals surface area contributed by atoms with Gasteiger partial charge in [0.2, 0.25) is 15.9 Å². The molecule has 29 heavy (non-hydrogen) atoms. The van der Waals surface area contributed by atoms with Crippen LogP contribution >= 0.6 is 23.2 Å². The Morgan fingerprint density at radius 1 is 1.17 bits per heavy atom. The Morgan fingerprint density at radius 3 is 2.66 bits per heavy atom. The Bertz CT molecular complexity index is 1020. The molecule has 0 unspecified atom stereocenters. The lowest BCUT2D eigenvalue weighted by Gasteiger charge is -2.31. The van der Waals surface area contributed by atoms with Crippen LogP contribution in [0.4, 0.5) is 5.69 Å². The second kappa shape index (κ2) is 9.04. The summed E-state index contributed by atoms with van der Waals surface area (Å²) < 4.78 is 27.2. The number of nitrogens with one attached hydrogen (secondary N) is 1. The fourth-order valence-electron chi connectivity index (χ4n) is 3.46. The number of amides is 1. The summed E-state index contributed by atoms with van der Waals surface area (Å²) in [5.41, 5.74) is 3.45. The minimum Gasteiger partial charge on any atom is -0.326 e. The average molecular weight is 455 g/mol. The standard InChI is InChI=1S/C21H24Cl2N2O3S/c1-14-5-3-7-20(15(14)2)24-21(26)17-6-4-10-25(12-17)29(27,28)13-16-8-9-18(22)19(23)11-16/h3,5,7-9,11,17H,4,6,10,12-13H2,1-2H3,(H,24,26)/t17-/m0/s1. The lowest BCUT2D eigenvalue weighted by Crippen LogP contribution is -2.44. The minimum atomic E-state index is -3.57. The van der Waals surface area contributed by atoms with Crippen LogP contribution < -0.4 is 5.32 Å². The van der Waals surface area contributed by atoms with E-state index in [9.17, 15) is 13.2 Å². The van der Waals surface area contributed by atoms with E-state index in [1.165, 1.54) is 4.31 Å². The molecule has 0 aliphatic carbocycles. The summed E-state index contributed by atoms with van der Waals surface area (Å²) >= 11 is 11.9. The molecule has 2 aromatic carbocycles. The molecule has 0 radical (unpaired) electrons. The molecule has 1 aliphatic rings. The molecule has 0 aromatic heterocycles. The SMILES string of the molecule is Cc1cccc(NC(=O)[C@H]2CCCN(S(=O)(=O)Cc3ccc(Cl)c(Cl)c3)C2)c1C. The molecule has 1 amide bonds. The highest BCUT2D eigenvalue weighted by Crippen LogP contribution is 2.27. The Balaban J connectivity index is 1.69. The Morgan fingerprint density at radius 2 is 1.93 bits per heavy atom. The molecule has 3 rings (SSSR count). The number of hydrogen-bond acceptors (Lipinski definition) is 3. The van der Waals surface area contributed by atoms with Crippen LogP contribution in [0.1, 0.15) is 29.5 Å². The van der Waals surface area contributed by atoms with Gasteiger partial charge in [-0.1, -0.05) is 41.4 Å². The van der Waals surface area contributed by atoms with Crippen molar-refractivity contribution in [2.45, 2.75) is 32.4 Å². The first-order chi connectivity index (χ1) is 13.7. The number of benzene rings is 2. The van der Waals surface area contributed by atoms with E-state index in [0.717, 1.165) is 16.8 Å². The Kier molecular flexibility index (Phi) is 6.89. The van der Waals surface area contributed by atoms with E-state index in [0.29, 0.717) is 35.0 Å². The van der Waals surface area contributed by atoms with E-state index in [1.807, 2.05) is 32.0 Å². The molecule has 5 nitrogen and oxygen atoms in total. The van der Waals surface area contributed by atoms with Crippen molar-refractivity contribution >= 4 is 44.8 Å². The van der Waals surface area contributed by atoms with Crippen molar-refractivity contribution in [1.29, 1.82) is 0 Å². The predicted molar refractivity (Wildman–Crippen MR) is 118 cm³/mol. The third-order valence-corrected chi connectivity index (χ3v) is 7.90. The van der Waals surface area contributed by atoms with Crippen molar-refractivity contribution in [3.63, 3.8) is 0 Å². The van der Waals surface area contributed by atoms with Crippen LogP contribution in [0.5, 0.6) is 0 Å². The van der Waals surface area contributed by atoms with Gasteiger partial charge in [0.1, 0.15) is 0 Å². The molecule has 1 aliphatic heterocycles. The highest BCUT2D eigenvalue weighted by molar-refractivity contribution is 7.88. The van der Waals surface area contributed by atoms with E-state index in [1.54, 1.807) is 18.2 Å². The maximum Gasteiger partial charge on any atom is 0.228 e. The van der Waals surface area contributed by atoms with Crippen molar-refractivity contribution in [3.05, 3.63) is 63.1 Å². The fraction of sp³-hybridized carbons (Fsp3) is 0.381. The van der Waals surface area contributed by atoms with Crippen molar-refractivity contribution in [2.75, 3.05) is 18.4 Å². The van der Waals surface area contributed by atoms with Crippen molar-refractivity contribution in [1.82, 2.24) is 4.31 Å². The summed E-state index contributed by atoms with van der Waals surface area (Å²) in [5.74, 6) is -0.699. The first-order valence-corrected chi connectivity index (χ1v) is 11.8. The topological polar surface area (TPSA) is 66.5 Å². The van der Waals surface area contributed by atoms with E-state index in [2.05, 4.69) is 5.32 Å². The van der Waals surface area contributed by atoms with E-state index < -0.39 is 10.0 Å². The van der Waals surface area contributed by atoms with E-state index in [-0.39, 0.29) is 24.1 Å². The van der Waals surface area contributed by atoms with Crippen molar-refractivity contribution in [3.8, 4) is 0 Å². The third-order valence-electron chi connectivity index (χ3n) is 5.34. The summed E-state index contributed by atoms with van der Waals surface area (Å²) in [7, 11) is -3.57. The van der Waals surface area contributed by atoms with Gasteiger partial charge in [-0.05, 0) is 61.6 Å². The molecule has 0 saturated carbocycles. The van der Waals surface area contributed by atoms with Crippen LogP contribution in [-0.2, 0) is 20.6 Å². The average Bonchev–Trinajstić information content (AvgIpc) is 2.68. The number of rotatable bonds is 5. The minimum absolute atomic E-state index is 0.145. The van der Waals surface area contributed by atoms with Gasteiger partial charge in [0.15, 0.2) is 0 Å². The maximum atomic E-state index is 12.9. The lowest BCUT2D eigenvalue weighted by molar-refractivity contribution is -0.120. The van der Waals surface area contributed by atoms with Crippen LogP contribution in [0, 0.1) is 19.8 Å². The largest absolute Gasteiger partial charge is 0.326 e. The van der Waals surface area contributed by atoms with Crippen LogP contribution in [0.2, 0.25) is 10.0 Å². The number of halogens is 2. The molecular formula is C21H24Cl2N2O3S. The van der Waals surface area contributed by atoms with Gasteiger partial charge in [-0.15, -0.1) is 0 Å². The molecule has 1 saturated heterocycles. The molecule has 0 spiro atoms. The highest BCUT2D eigenvalue weighted by atomic mass is 35.5. The van der Waals surface area contributed by atoms with Gasteiger partial charge in [-0.25, -0.2) is 12.7 Å². The third kappa shape index (κ3) is 5.31. The number of nitrogens with zero attached hydrogens (tertiary/aromatic N) is 1. The van der Waals surface area contributed by atoms with E-state index >= 15 is 0 Å². The van der Waals surface area contributed by atoms with E-state index in [4.69, 9.17) is 23.2 Å². The number of anilines is 1. The molecule has 1 atom stereocenters. The number of carbonyl (C=O) groups is 1. The normalized spacial score (nSPS) is 17.9. The molecule has 1 heterocycles. The summed E-state index contributed by atoms with van der Waals surface area (Å²) in [5, 5.41) is 3.67. The molecule has 1 fully saturated rings. The number of carbonyl (C=O) groups excluding carboxylic acids is 1. The second-order valence-corrected chi connectivity index (χ2v) is 10.2. The van der Waals surface area contributed by atoms with Crippen molar-refractivity contribution < 1.29 is 13.2 Å². The number of sulfonamides is 1.